The van der Waals surface area contributed by atoms with Gasteiger partial charge in [-0.3, -0.25) is 0 Å². The van der Waals surface area contributed by atoms with Crippen molar-refractivity contribution in [2.45, 2.75) is 20.0 Å². The van der Waals surface area contributed by atoms with Gasteiger partial charge in [0.25, 0.3) is 5.82 Å². The lowest BCUT2D eigenvalue weighted by molar-refractivity contribution is -0.144. The van der Waals surface area contributed by atoms with E-state index in [4.69, 9.17) is 14.2 Å². The molecule has 0 amide bonds. The number of benzene rings is 1. The molecule has 0 unspecified atom stereocenters. The van der Waals surface area contributed by atoms with Gasteiger partial charge in [-0.1, -0.05) is 17.7 Å². The summed E-state index contributed by atoms with van der Waals surface area (Å²) in [5.74, 6) is -1.52. The lowest BCUT2D eigenvalue weighted by Gasteiger charge is -2.07. The van der Waals surface area contributed by atoms with E-state index in [9.17, 15) is 13.2 Å². The summed E-state index contributed by atoms with van der Waals surface area (Å²) in [6.45, 7) is 3.67. The standard InChI is InChI=1S/C11H11F3N4.Cl2O2S/c1-6-3-4-8(7(2)5-6)18-10(15)16-9(17-18)11(12,13)14;1-5(2,3)4/h3-5H,1-2H3,(H2,15,16,17);. The van der Waals surface area contributed by atoms with E-state index in [-0.39, 0.29) is 5.95 Å². The van der Waals surface area contributed by atoms with Crippen LogP contribution >= 0.6 is 21.4 Å². The number of nitrogens with zero attached hydrogens (tertiary/aromatic N) is 3. The van der Waals surface area contributed by atoms with Crippen molar-refractivity contribution < 1.29 is 21.6 Å². The van der Waals surface area contributed by atoms with Crippen LogP contribution in [-0.2, 0) is 14.4 Å². The molecule has 1 aromatic heterocycles. The molecule has 0 spiro atoms. The third kappa shape index (κ3) is 6.24. The van der Waals surface area contributed by atoms with Crippen molar-refractivity contribution in [2.75, 3.05) is 5.73 Å². The summed E-state index contributed by atoms with van der Waals surface area (Å²) in [7, 11) is 4.81. The number of hydrogen-bond acceptors (Lipinski definition) is 5. The molecule has 128 valence electrons. The van der Waals surface area contributed by atoms with Gasteiger partial charge in [-0.2, -0.15) is 31.3 Å². The molecule has 0 aliphatic carbocycles. The van der Waals surface area contributed by atoms with Crippen molar-refractivity contribution in [1.82, 2.24) is 14.8 Å². The smallest absolute Gasteiger partial charge is 0.368 e. The first-order valence-electron chi connectivity index (χ1n) is 5.80. The van der Waals surface area contributed by atoms with Gasteiger partial charge in [0.15, 0.2) is 0 Å². The van der Waals surface area contributed by atoms with Crippen LogP contribution in [0.3, 0.4) is 0 Å². The average molecular weight is 391 g/mol. The molecule has 0 atom stereocenters. The molecular formula is C11H11Cl2F3N4O2S. The summed E-state index contributed by atoms with van der Waals surface area (Å²) < 4.78 is 56.7. The summed E-state index contributed by atoms with van der Waals surface area (Å²) >= 11 is 0. The van der Waals surface area contributed by atoms with Crippen LogP contribution in [0.4, 0.5) is 19.1 Å². The number of hydrogen-bond donors (Lipinski definition) is 1. The Morgan fingerprint density at radius 3 is 2.13 bits per heavy atom. The predicted molar refractivity (Wildman–Crippen MR) is 80.9 cm³/mol. The maximum atomic E-state index is 12.5. The Hall–Kier alpha value is -1.52. The van der Waals surface area contributed by atoms with Gasteiger partial charge in [-0.05, 0) is 25.5 Å². The number of aryl methyl sites for hydroxylation is 2. The number of nitrogens with two attached hydrogens (primary N) is 1. The molecular weight excluding hydrogens is 380 g/mol. The SMILES string of the molecule is Cc1ccc(-n2nc(C(F)(F)F)nc2N)c(C)c1.O=S(=O)(Cl)Cl. The summed E-state index contributed by atoms with van der Waals surface area (Å²) in [4.78, 5) is 3.23. The van der Waals surface area contributed by atoms with E-state index in [1.807, 2.05) is 13.0 Å². The second kappa shape index (κ2) is 6.93. The fourth-order valence-corrected chi connectivity index (χ4v) is 1.66. The van der Waals surface area contributed by atoms with Crippen molar-refractivity contribution in [3.05, 3.63) is 35.2 Å². The van der Waals surface area contributed by atoms with Crippen LogP contribution in [0.2, 0.25) is 0 Å². The largest absolute Gasteiger partial charge is 0.453 e. The van der Waals surface area contributed by atoms with Crippen molar-refractivity contribution >= 4 is 35.6 Å². The van der Waals surface area contributed by atoms with Crippen molar-refractivity contribution in [3.8, 4) is 5.69 Å². The fraction of sp³-hybridized carbons (Fsp3) is 0.273. The zero-order chi connectivity index (χ0) is 18.0. The number of alkyl halides is 3. The highest BCUT2D eigenvalue weighted by Gasteiger charge is 2.37. The van der Waals surface area contributed by atoms with Crippen LogP contribution in [0.1, 0.15) is 17.0 Å². The van der Waals surface area contributed by atoms with Crippen molar-refractivity contribution in [2.24, 2.45) is 0 Å². The second-order valence-corrected chi connectivity index (χ2v) is 8.04. The van der Waals surface area contributed by atoms with Crippen LogP contribution in [0.15, 0.2) is 18.2 Å². The zero-order valence-corrected chi connectivity index (χ0v) is 14.1. The molecule has 1 aromatic carbocycles. The van der Waals surface area contributed by atoms with E-state index >= 15 is 0 Å². The minimum atomic E-state index is -4.60. The van der Waals surface area contributed by atoms with Gasteiger partial charge in [0.1, 0.15) is 0 Å². The lowest BCUT2D eigenvalue weighted by atomic mass is 10.1. The fourth-order valence-electron chi connectivity index (χ4n) is 1.66. The van der Waals surface area contributed by atoms with E-state index in [1.54, 1.807) is 19.1 Å². The highest BCUT2D eigenvalue weighted by atomic mass is 36.0. The summed E-state index contributed by atoms with van der Waals surface area (Å²) in [6, 6.07) is 5.27. The molecule has 0 aliphatic heterocycles. The predicted octanol–water partition coefficient (Wildman–Crippen LogP) is 3.19. The Morgan fingerprint density at radius 2 is 1.74 bits per heavy atom. The molecule has 23 heavy (non-hydrogen) atoms. The Balaban J connectivity index is 0.000000463. The van der Waals surface area contributed by atoms with Gasteiger partial charge in [0.2, 0.25) is 5.95 Å². The maximum Gasteiger partial charge on any atom is 0.453 e. The van der Waals surface area contributed by atoms with E-state index in [2.05, 4.69) is 31.4 Å². The minimum Gasteiger partial charge on any atom is -0.368 e. The molecule has 0 fully saturated rings. The third-order valence-electron chi connectivity index (χ3n) is 2.47. The normalized spacial score (nSPS) is 11.8. The molecule has 0 aliphatic rings. The average Bonchev–Trinajstić information content (AvgIpc) is 2.69. The van der Waals surface area contributed by atoms with Crippen LogP contribution in [0.25, 0.3) is 5.69 Å². The first-order chi connectivity index (χ1) is 10.3. The maximum absolute atomic E-state index is 12.5. The Bertz CT molecular complexity index is 798. The van der Waals surface area contributed by atoms with Gasteiger partial charge in [-0.15, -0.1) is 5.10 Å². The molecule has 6 nitrogen and oxygen atoms in total. The molecule has 1 heterocycles. The number of nitrogen functional groups attached to an aromatic ring is 1. The van der Waals surface area contributed by atoms with Crippen LogP contribution < -0.4 is 5.73 Å². The van der Waals surface area contributed by atoms with E-state index < -0.39 is 20.3 Å². The van der Waals surface area contributed by atoms with Gasteiger partial charge in [0.05, 0.1) is 5.69 Å². The monoisotopic (exact) mass is 390 g/mol. The first-order valence-corrected chi connectivity index (χ1v) is 8.94. The van der Waals surface area contributed by atoms with Gasteiger partial charge >= 0.3 is 14.4 Å². The molecule has 0 bridgehead atoms. The van der Waals surface area contributed by atoms with Crippen molar-refractivity contribution in [3.63, 3.8) is 0 Å². The Morgan fingerprint density at radius 1 is 1.22 bits per heavy atom. The minimum absolute atomic E-state index is 0.283. The van der Waals surface area contributed by atoms with E-state index in [1.165, 1.54) is 0 Å². The van der Waals surface area contributed by atoms with Gasteiger partial charge in [0, 0.05) is 21.4 Å². The first kappa shape index (κ1) is 19.5. The van der Waals surface area contributed by atoms with Crippen LogP contribution in [0.5, 0.6) is 0 Å². The highest BCUT2D eigenvalue weighted by Crippen LogP contribution is 2.28. The zero-order valence-electron chi connectivity index (χ0n) is 11.8. The van der Waals surface area contributed by atoms with E-state index in [0.717, 1.165) is 15.8 Å². The second-order valence-electron chi connectivity index (χ2n) is 4.37. The molecule has 12 heteroatoms. The molecule has 2 aromatic rings. The third-order valence-corrected chi connectivity index (χ3v) is 2.47. The van der Waals surface area contributed by atoms with Crippen LogP contribution in [-0.4, -0.2) is 23.2 Å². The topological polar surface area (TPSA) is 90.9 Å². The molecule has 0 saturated heterocycles. The number of halogens is 5. The quantitative estimate of drug-likeness (QED) is 0.754. The summed E-state index contributed by atoms with van der Waals surface area (Å²) in [5, 5.41) is 3.40. The molecule has 0 radical (unpaired) electrons. The van der Waals surface area contributed by atoms with E-state index in [0.29, 0.717) is 5.69 Å². The van der Waals surface area contributed by atoms with Crippen molar-refractivity contribution in [1.29, 1.82) is 0 Å². The Labute approximate surface area is 138 Å². The summed E-state index contributed by atoms with van der Waals surface area (Å²) in [5.41, 5.74) is 7.74. The number of aromatic nitrogens is 3. The highest BCUT2D eigenvalue weighted by molar-refractivity contribution is 8.31. The molecule has 0 saturated carbocycles. The van der Waals surface area contributed by atoms with Gasteiger partial charge < -0.3 is 5.73 Å². The number of anilines is 1. The van der Waals surface area contributed by atoms with Crippen LogP contribution in [0, 0.1) is 13.8 Å². The lowest BCUT2D eigenvalue weighted by Crippen LogP contribution is -2.09. The summed E-state index contributed by atoms with van der Waals surface area (Å²) in [6.07, 6.45) is -4.60. The molecule has 2 N–H and O–H groups in total. The Kier molecular flexibility index (Phi) is 5.89. The number of rotatable bonds is 1. The molecule has 2 rings (SSSR count). The van der Waals surface area contributed by atoms with Gasteiger partial charge in [-0.25, -0.2) is 0 Å².